The monoisotopic (exact) mass is 449 g/mol. The van der Waals surface area contributed by atoms with Crippen molar-refractivity contribution < 1.29 is 18.5 Å². The average molecular weight is 450 g/mol. The Labute approximate surface area is 179 Å². The van der Waals surface area contributed by atoms with E-state index in [1.54, 1.807) is 24.3 Å². The molecule has 1 unspecified atom stereocenters. The van der Waals surface area contributed by atoms with Gasteiger partial charge in [0.05, 0.1) is 28.1 Å². The first kappa shape index (κ1) is 22.0. The molecular weight excluding hydrogens is 426 g/mol. The van der Waals surface area contributed by atoms with Crippen molar-refractivity contribution >= 4 is 32.9 Å². The van der Waals surface area contributed by atoms with E-state index in [1.807, 2.05) is 6.07 Å². The minimum absolute atomic E-state index is 0.172. The maximum absolute atomic E-state index is 13.1. The Hall–Kier alpha value is -2.71. The van der Waals surface area contributed by atoms with Crippen LogP contribution in [0.4, 0.5) is 0 Å². The highest BCUT2D eigenvalue weighted by Gasteiger charge is 2.32. The molecule has 1 aliphatic heterocycles. The molecule has 0 radical (unpaired) electrons. The third kappa shape index (κ3) is 4.24. The van der Waals surface area contributed by atoms with E-state index in [-0.39, 0.29) is 16.7 Å². The minimum Gasteiger partial charge on any atom is -0.481 e. The van der Waals surface area contributed by atoms with Crippen LogP contribution in [-0.4, -0.2) is 62.4 Å². The van der Waals surface area contributed by atoms with Gasteiger partial charge in [0.25, 0.3) is 11.8 Å². The lowest BCUT2D eigenvalue weighted by molar-refractivity contribution is 0.0721. The zero-order valence-electron chi connectivity index (χ0n) is 17.2. The maximum Gasteiger partial charge on any atom is 0.285 e. The Kier molecular flexibility index (Phi) is 6.28. The molecule has 1 aliphatic rings. The number of carbonyl (C=O) groups excluding carboxylic acids is 2. The molecule has 11 heteroatoms. The molecule has 0 aromatic carbocycles. The predicted octanol–water partition coefficient (Wildman–Crippen LogP) is 2.21. The van der Waals surface area contributed by atoms with E-state index in [9.17, 15) is 13.8 Å². The van der Waals surface area contributed by atoms with Gasteiger partial charge < -0.3 is 9.64 Å². The van der Waals surface area contributed by atoms with Gasteiger partial charge in [-0.3, -0.25) is 9.59 Å². The number of hydrogen-bond acceptors (Lipinski definition) is 7. The maximum atomic E-state index is 13.1. The number of amides is 2. The van der Waals surface area contributed by atoms with Crippen molar-refractivity contribution in [1.82, 2.24) is 14.7 Å². The molecule has 1 fully saturated rings. The summed E-state index contributed by atoms with van der Waals surface area (Å²) in [5.74, 6) is -0.338. The van der Waals surface area contributed by atoms with E-state index in [0.717, 1.165) is 11.3 Å². The molecule has 1 atom stereocenters. The molecule has 0 spiro atoms. The van der Waals surface area contributed by atoms with E-state index in [1.165, 1.54) is 24.1 Å². The van der Waals surface area contributed by atoms with Gasteiger partial charge in [0, 0.05) is 37.0 Å². The van der Waals surface area contributed by atoms with Crippen LogP contribution in [0.1, 0.15) is 44.1 Å². The molecule has 2 aromatic rings. The number of piperidine rings is 1. The molecule has 0 bridgehead atoms. The molecule has 9 nitrogen and oxygen atoms in total. The van der Waals surface area contributed by atoms with Crippen LogP contribution in [0.5, 0.6) is 5.88 Å². The van der Waals surface area contributed by atoms with Gasteiger partial charge in [-0.2, -0.15) is 14.7 Å². The van der Waals surface area contributed by atoms with Gasteiger partial charge in [0.15, 0.2) is 0 Å². The molecule has 0 N–H and O–H groups in total. The van der Waals surface area contributed by atoms with Gasteiger partial charge in [-0.1, -0.05) is 0 Å². The number of rotatable bonds is 4. The van der Waals surface area contributed by atoms with E-state index >= 15 is 0 Å². The second-order valence-electron chi connectivity index (χ2n) is 7.15. The predicted molar refractivity (Wildman–Crippen MR) is 113 cm³/mol. The van der Waals surface area contributed by atoms with E-state index in [2.05, 4.69) is 9.46 Å². The number of nitrogens with zero attached hydrogens (tertiary/aromatic N) is 5. The summed E-state index contributed by atoms with van der Waals surface area (Å²) in [5.41, 5.74) is 1.30. The minimum atomic E-state index is -2.79. The normalized spacial score (nSPS) is 16.6. The summed E-state index contributed by atoms with van der Waals surface area (Å²) in [6.45, 7) is 2.58. The molecule has 160 valence electrons. The SMILES string of the molecule is COc1c(C(=O)N2CCC(S(C)(=O)=NC(=O)c3csc(C#N)c3)CC2)c(C)nn1C. The lowest BCUT2D eigenvalue weighted by atomic mass is 10.1. The summed E-state index contributed by atoms with van der Waals surface area (Å²) in [5, 5.41) is 14.4. The first-order chi connectivity index (χ1) is 14.2. The van der Waals surface area contributed by atoms with Crippen LogP contribution in [0.15, 0.2) is 15.8 Å². The fraction of sp³-hybridized carbons (Fsp3) is 0.474. The van der Waals surface area contributed by atoms with Gasteiger partial charge >= 0.3 is 0 Å². The molecule has 2 amide bonds. The summed E-state index contributed by atoms with van der Waals surface area (Å²) in [4.78, 5) is 27.4. The van der Waals surface area contributed by atoms with Gasteiger partial charge in [0.2, 0.25) is 5.88 Å². The Morgan fingerprint density at radius 2 is 2.07 bits per heavy atom. The third-order valence-corrected chi connectivity index (χ3v) is 8.22. The molecule has 2 aromatic heterocycles. The number of likely N-dealkylation sites (tertiary alicyclic amines) is 1. The van der Waals surface area contributed by atoms with Crippen LogP contribution < -0.4 is 4.74 Å². The van der Waals surface area contributed by atoms with Crippen molar-refractivity contribution in [3.8, 4) is 11.9 Å². The van der Waals surface area contributed by atoms with E-state index < -0.39 is 15.6 Å². The molecule has 0 saturated carbocycles. The summed E-state index contributed by atoms with van der Waals surface area (Å²) in [7, 11) is 0.421. The second-order valence-corrected chi connectivity index (χ2v) is 10.6. The third-order valence-electron chi connectivity index (χ3n) is 5.15. The van der Waals surface area contributed by atoms with Crippen LogP contribution in [0.2, 0.25) is 0 Å². The van der Waals surface area contributed by atoms with Crippen LogP contribution in [-0.2, 0) is 16.8 Å². The Morgan fingerprint density at radius 1 is 1.40 bits per heavy atom. The first-order valence-electron chi connectivity index (χ1n) is 9.28. The van der Waals surface area contributed by atoms with Gasteiger partial charge in [-0.05, 0) is 25.8 Å². The van der Waals surface area contributed by atoms with Crippen molar-refractivity contribution in [2.75, 3.05) is 26.5 Å². The Morgan fingerprint density at radius 3 is 2.63 bits per heavy atom. The lowest BCUT2D eigenvalue weighted by Crippen LogP contribution is -2.42. The standard InChI is InChI=1S/C19H23N5O4S2/c1-12-16(19(28-3)23(2)21-12)18(26)24-7-5-15(6-8-24)30(4,27)22-17(25)13-9-14(10-20)29-11-13/h9,11,15H,5-8H2,1-4H3. The van der Waals surface area contributed by atoms with Gasteiger partial charge in [-0.15, -0.1) is 11.3 Å². The lowest BCUT2D eigenvalue weighted by Gasteiger charge is -2.32. The van der Waals surface area contributed by atoms with Crippen LogP contribution in [0.25, 0.3) is 0 Å². The number of nitriles is 1. The highest BCUT2D eigenvalue weighted by Crippen LogP contribution is 2.26. The van der Waals surface area contributed by atoms with Crippen molar-refractivity contribution in [3.63, 3.8) is 0 Å². The molecule has 3 heterocycles. The van der Waals surface area contributed by atoms with Crippen molar-refractivity contribution in [2.45, 2.75) is 25.0 Å². The molecular formula is C19H23N5O4S2. The van der Waals surface area contributed by atoms with E-state index in [0.29, 0.717) is 47.9 Å². The highest BCUT2D eigenvalue weighted by molar-refractivity contribution is 7.93. The van der Waals surface area contributed by atoms with Crippen LogP contribution >= 0.6 is 11.3 Å². The fourth-order valence-electron chi connectivity index (χ4n) is 3.57. The molecule has 1 saturated heterocycles. The summed E-state index contributed by atoms with van der Waals surface area (Å²) in [6.07, 6.45) is 2.44. The highest BCUT2D eigenvalue weighted by atomic mass is 32.2. The summed E-state index contributed by atoms with van der Waals surface area (Å²) >= 11 is 1.15. The van der Waals surface area contributed by atoms with Crippen molar-refractivity contribution in [3.05, 3.63) is 33.1 Å². The van der Waals surface area contributed by atoms with Crippen molar-refractivity contribution in [2.24, 2.45) is 11.4 Å². The van der Waals surface area contributed by atoms with Crippen LogP contribution in [0, 0.1) is 18.3 Å². The number of methoxy groups -OCH3 is 1. The Bertz CT molecular complexity index is 1140. The number of aromatic nitrogens is 2. The Balaban J connectivity index is 1.71. The summed E-state index contributed by atoms with van der Waals surface area (Å²) < 4.78 is 23.9. The van der Waals surface area contributed by atoms with Crippen molar-refractivity contribution in [1.29, 1.82) is 5.26 Å². The molecule has 3 rings (SSSR count). The number of carbonyl (C=O) groups is 2. The largest absolute Gasteiger partial charge is 0.481 e. The zero-order chi connectivity index (χ0) is 22.1. The second kappa shape index (κ2) is 8.57. The van der Waals surface area contributed by atoms with Gasteiger partial charge in [-0.25, -0.2) is 8.89 Å². The fourth-order valence-corrected chi connectivity index (χ4v) is 5.91. The van der Waals surface area contributed by atoms with Gasteiger partial charge in [0.1, 0.15) is 16.5 Å². The first-order valence-corrected chi connectivity index (χ1v) is 12.1. The number of ether oxygens (including phenoxy) is 1. The van der Waals surface area contributed by atoms with E-state index in [4.69, 9.17) is 10.00 Å². The average Bonchev–Trinajstić information content (AvgIpc) is 3.30. The number of thiophene rings is 1. The zero-order valence-corrected chi connectivity index (χ0v) is 18.9. The smallest absolute Gasteiger partial charge is 0.285 e. The molecule has 30 heavy (non-hydrogen) atoms. The number of hydrogen-bond donors (Lipinski definition) is 0. The molecule has 0 aliphatic carbocycles. The van der Waals surface area contributed by atoms with Crippen LogP contribution in [0.3, 0.4) is 0 Å². The quantitative estimate of drug-likeness (QED) is 0.706. The number of aryl methyl sites for hydroxylation is 2. The topological polar surface area (TPSA) is 118 Å². The summed E-state index contributed by atoms with van der Waals surface area (Å²) in [6, 6.07) is 3.43.